The number of alkyl carbamates (subject to hydrolysis) is 1. The van der Waals surface area contributed by atoms with Crippen LogP contribution in [0.15, 0.2) is 30.3 Å². The summed E-state index contributed by atoms with van der Waals surface area (Å²) in [7, 11) is 0. The molecule has 0 aromatic heterocycles. The van der Waals surface area contributed by atoms with Crippen molar-refractivity contribution < 1.29 is 38.0 Å². The van der Waals surface area contributed by atoms with Crippen LogP contribution in [0, 0.1) is 0 Å². The molecule has 1 saturated heterocycles. The van der Waals surface area contributed by atoms with Crippen LogP contribution in [0.1, 0.15) is 39.2 Å². The zero-order valence-corrected chi connectivity index (χ0v) is 21.9. The molecule has 0 spiro atoms. The smallest absolute Gasteiger partial charge is 0.410 e. The summed E-state index contributed by atoms with van der Waals surface area (Å²) in [6, 6.07) is 9.66. The predicted octanol–water partition coefficient (Wildman–Crippen LogP) is 3.38. The van der Waals surface area contributed by atoms with Crippen LogP contribution in [0.3, 0.4) is 0 Å². The van der Waals surface area contributed by atoms with Crippen LogP contribution < -0.4 is 5.32 Å². The molecule has 204 valence electrons. The highest BCUT2D eigenvalue weighted by molar-refractivity contribution is 5.68. The lowest BCUT2D eigenvalue weighted by Gasteiger charge is -2.31. The summed E-state index contributed by atoms with van der Waals surface area (Å²) in [6.45, 7) is 10.6. The summed E-state index contributed by atoms with van der Waals surface area (Å²) in [6.07, 6.45) is 0.981. The number of hydrogen-bond acceptors (Lipinski definition) is 8. The van der Waals surface area contributed by atoms with Crippen molar-refractivity contribution in [2.75, 3.05) is 65.9 Å². The van der Waals surface area contributed by atoms with Crippen LogP contribution in [-0.4, -0.2) is 94.7 Å². The molecule has 0 radical (unpaired) electrons. The number of piperidine rings is 1. The number of amides is 2. The second kappa shape index (κ2) is 17.1. The van der Waals surface area contributed by atoms with E-state index in [2.05, 4.69) is 5.32 Å². The van der Waals surface area contributed by atoms with Crippen molar-refractivity contribution in [3.8, 4) is 0 Å². The molecule has 0 aliphatic carbocycles. The Bertz CT molecular complexity index is 733. The Balaban J connectivity index is 1.34. The van der Waals surface area contributed by atoms with E-state index in [0.29, 0.717) is 65.9 Å². The first-order chi connectivity index (χ1) is 17.3. The van der Waals surface area contributed by atoms with Gasteiger partial charge in [-0.2, -0.15) is 0 Å². The Morgan fingerprint density at radius 3 is 2.08 bits per heavy atom. The Morgan fingerprint density at radius 2 is 1.47 bits per heavy atom. The molecule has 1 aromatic rings. The number of nitrogens with one attached hydrogen (secondary N) is 1. The van der Waals surface area contributed by atoms with Crippen molar-refractivity contribution in [2.24, 2.45) is 0 Å². The fourth-order valence-electron chi connectivity index (χ4n) is 3.37. The molecule has 2 amide bonds. The van der Waals surface area contributed by atoms with Gasteiger partial charge in [0.2, 0.25) is 0 Å². The van der Waals surface area contributed by atoms with Crippen LogP contribution in [0.25, 0.3) is 0 Å². The fourth-order valence-corrected chi connectivity index (χ4v) is 3.37. The van der Waals surface area contributed by atoms with Crippen molar-refractivity contribution >= 4 is 12.2 Å². The fraction of sp³-hybridized carbons (Fsp3) is 0.692. The van der Waals surface area contributed by atoms with E-state index in [1.165, 1.54) is 0 Å². The van der Waals surface area contributed by atoms with Crippen molar-refractivity contribution in [1.29, 1.82) is 0 Å². The van der Waals surface area contributed by atoms with Crippen LogP contribution in [-0.2, 0) is 35.0 Å². The molecule has 0 bridgehead atoms. The highest BCUT2D eigenvalue weighted by Gasteiger charge is 2.24. The molecule has 10 nitrogen and oxygen atoms in total. The first-order valence-corrected chi connectivity index (χ1v) is 12.6. The van der Waals surface area contributed by atoms with Gasteiger partial charge < -0.3 is 38.6 Å². The van der Waals surface area contributed by atoms with Gasteiger partial charge in [-0.3, -0.25) is 0 Å². The zero-order chi connectivity index (χ0) is 26.1. The average Bonchev–Trinajstić information content (AvgIpc) is 2.85. The summed E-state index contributed by atoms with van der Waals surface area (Å²) >= 11 is 0. The van der Waals surface area contributed by atoms with Crippen molar-refractivity contribution in [1.82, 2.24) is 10.2 Å². The minimum atomic E-state index is -0.509. The Kier molecular flexibility index (Phi) is 14.2. The van der Waals surface area contributed by atoms with E-state index in [9.17, 15) is 9.59 Å². The second-order valence-electron chi connectivity index (χ2n) is 9.36. The molecule has 0 saturated carbocycles. The molecule has 1 heterocycles. The molecule has 1 aromatic carbocycles. The summed E-state index contributed by atoms with van der Waals surface area (Å²) in [4.78, 5) is 25.4. The van der Waals surface area contributed by atoms with E-state index in [-0.39, 0.29) is 18.8 Å². The topological polar surface area (TPSA) is 105 Å². The van der Waals surface area contributed by atoms with E-state index in [1.807, 2.05) is 51.1 Å². The highest BCUT2D eigenvalue weighted by atomic mass is 16.6. The van der Waals surface area contributed by atoms with E-state index in [1.54, 1.807) is 4.90 Å². The Labute approximate surface area is 214 Å². The molecule has 1 N–H and O–H groups in total. The van der Waals surface area contributed by atoms with Crippen LogP contribution in [0.4, 0.5) is 9.59 Å². The van der Waals surface area contributed by atoms with Crippen LogP contribution in [0.5, 0.6) is 0 Å². The van der Waals surface area contributed by atoms with Crippen molar-refractivity contribution in [3.05, 3.63) is 35.9 Å². The zero-order valence-electron chi connectivity index (χ0n) is 21.9. The van der Waals surface area contributed by atoms with Gasteiger partial charge in [-0.15, -0.1) is 0 Å². The number of carbonyl (C=O) groups excluding carboxylic acids is 2. The maximum absolute atomic E-state index is 12.2. The van der Waals surface area contributed by atoms with Crippen LogP contribution in [0.2, 0.25) is 0 Å². The largest absolute Gasteiger partial charge is 0.445 e. The number of carbonyl (C=O) groups is 2. The van der Waals surface area contributed by atoms with Gasteiger partial charge in [-0.25, -0.2) is 9.59 Å². The van der Waals surface area contributed by atoms with Gasteiger partial charge >= 0.3 is 12.2 Å². The standard InChI is InChI=1S/C26H42N2O8/c1-26(2,3)36-24(29)27-11-14-31-15-16-32-17-18-33-19-20-34-23-9-12-28(13-10-23)25(30)35-21-22-7-5-4-6-8-22/h4-8,23H,9-21H2,1-3H3,(H,27,29). The van der Waals surface area contributed by atoms with E-state index in [0.717, 1.165) is 18.4 Å². The summed E-state index contributed by atoms with van der Waals surface area (Å²) in [5.41, 5.74) is 0.470. The molecular weight excluding hydrogens is 468 g/mol. The third-order valence-corrected chi connectivity index (χ3v) is 5.15. The van der Waals surface area contributed by atoms with Gasteiger partial charge in [-0.05, 0) is 39.2 Å². The Hall–Kier alpha value is -2.40. The third kappa shape index (κ3) is 14.2. The molecular formula is C26H42N2O8. The van der Waals surface area contributed by atoms with Gasteiger partial charge in [0, 0.05) is 19.6 Å². The number of benzene rings is 1. The van der Waals surface area contributed by atoms with Gasteiger partial charge in [0.1, 0.15) is 12.2 Å². The second-order valence-corrected chi connectivity index (χ2v) is 9.36. The SMILES string of the molecule is CC(C)(C)OC(=O)NCCOCCOCCOCCOC1CCN(C(=O)OCc2ccccc2)CC1. The molecule has 1 aliphatic rings. The minimum Gasteiger partial charge on any atom is -0.445 e. The normalized spacial score (nSPS) is 14.5. The monoisotopic (exact) mass is 510 g/mol. The van der Waals surface area contributed by atoms with Crippen molar-refractivity contribution in [2.45, 2.75) is 51.9 Å². The van der Waals surface area contributed by atoms with Gasteiger partial charge in [0.15, 0.2) is 0 Å². The Morgan fingerprint density at radius 1 is 0.889 bits per heavy atom. The minimum absolute atomic E-state index is 0.130. The van der Waals surface area contributed by atoms with Gasteiger partial charge in [-0.1, -0.05) is 30.3 Å². The molecule has 0 unspecified atom stereocenters. The van der Waals surface area contributed by atoms with E-state index in [4.69, 9.17) is 28.4 Å². The molecule has 10 heteroatoms. The number of hydrogen-bond donors (Lipinski definition) is 1. The lowest BCUT2D eigenvalue weighted by molar-refractivity contribution is -0.0341. The predicted molar refractivity (Wildman–Crippen MR) is 134 cm³/mol. The van der Waals surface area contributed by atoms with E-state index >= 15 is 0 Å². The lowest BCUT2D eigenvalue weighted by Crippen LogP contribution is -2.41. The average molecular weight is 511 g/mol. The molecule has 1 fully saturated rings. The lowest BCUT2D eigenvalue weighted by atomic mass is 10.1. The number of nitrogens with zero attached hydrogens (tertiary/aromatic N) is 1. The first-order valence-electron chi connectivity index (χ1n) is 12.6. The molecule has 36 heavy (non-hydrogen) atoms. The number of ether oxygens (including phenoxy) is 6. The van der Waals surface area contributed by atoms with Gasteiger partial charge in [0.25, 0.3) is 0 Å². The molecule has 1 aliphatic heterocycles. The number of rotatable bonds is 15. The summed E-state index contributed by atoms with van der Waals surface area (Å²) < 4.78 is 32.8. The first kappa shape index (κ1) is 29.8. The van der Waals surface area contributed by atoms with Crippen molar-refractivity contribution in [3.63, 3.8) is 0 Å². The molecule has 0 atom stereocenters. The quantitative estimate of drug-likeness (QED) is 0.358. The molecule has 2 rings (SSSR count). The maximum Gasteiger partial charge on any atom is 0.410 e. The third-order valence-electron chi connectivity index (χ3n) is 5.15. The van der Waals surface area contributed by atoms with Gasteiger partial charge in [0.05, 0.1) is 52.4 Å². The number of likely N-dealkylation sites (tertiary alicyclic amines) is 1. The summed E-state index contributed by atoms with van der Waals surface area (Å²) in [5.74, 6) is 0. The van der Waals surface area contributed by atoms with Crippen LogP contribution >= 0.6 is 0 Å². The maximum atomic E-state index is 12.2. The van der Waals surface area contributed by atoms with E-state index < -0.39 is 11.7 Å². The highest BCUT2D eigenvalue weighted by Crippen LogP contribution is 2.15. The summed E-state index contributed by atoms with van der Waals surface area (Å²) in [5, 5.41) is 2.63.